The molecule has 1 saturated heterocycles. The van der Waals surface area contributed by atoms with Crippen molar-refractivity contribution in [1.29, 1.82) is 0 Å². The summed E-state index contributed by atoms with van der Waals surface area (Å²) in [7, 11) is 1.55. The number of fused-ring (bicyclic) bond motifs is 1. The zero-order valence-corrected chi connectivity index (χ0v) is 17.4. The summed E-state index contributed by atoms with van der Waals surface area (Å²) < 4.78 is 51.3. The first-order valence-electron chi connectivity index (χ1n) is 10.2. The first-order chi connectivity index (χ1) is 15.3. The number of anilines is 1. The first kappa shape index (κ1) is 22.1. The van der Waals surface area contributed by atoms with Gasteiger partial charge < -0.3 is 19.7 Å². The van der Waals surface area contributed by atoms with Crippen molar-refractivity contribution in [3.63, 3.8) is 0 Å². The molecule has 0 radical (unpaired) electrons. The van der Waals surface area contributed by atoms with Crippen LogP contribution >= 0.6 is 0 Å². The molecule has 11 heteroatoms. The van der Waals surface area contributed by atoms with E-state index in [4.69, 9.17) is 9.47 Å². The molecule has 0 bridgehead atoms. The van der Waals surface area contributed by atoms with Crippen LogP contribution < -0.4 is 15.0 Å². The maximum Gasteiger partial charge on any atom is 0.435 e. The number of carbonyl (C=O) groups excluding carboxylic acids is 2. The Morgan fingerprint density at radius 1 is 1.31 bits per heavy atom. The van der Waals surface area contributed by atoms with E-state index >= 15 is 0 Å². The van der Waals surface area contributed by atoms with E-state index in [0.717, 1.165) is 0 Å². The van der Waals surface area contributed by atoms with Gasteiger partial charge in [-0.15, -0.1) is 0 Å². The van der Waals surface area contributed by atoms with Crippen molar-refractivity contribution in [1.82, 2.24) is 15.1 Å². The Bertz CT molecular complexity index is 1000. The van der Waals surface area contributed by atoms with Gasteiger partial charge in [0.1, 0.15) is 5.75 Å². The number of aromatic nitrogens is 2. The average Bonchev–Trinajstić information content (AvgIpc) is 3.35. The number of hydrogen-bond acceptors (Lipinski definition) is 5. The SMILES string of the molecule is COc1ccc(N2CC(C(=O)NCCn3nc(C(F)(F)F)c4c3CCOC4)CC2=O)cc1. The lowest BCUT2D eigenvalue weighted by Gasteiger charge is -2.17. The number of rotatable bonds is 6. The Labute approximate surface area is 182 Å². The van der Waals surface area contributed by atoms with Crippen LogP contribution in [0, 0.1) is 5.92 Å². The van der Waals surface area contributed by atoms with E-state index in [1.807, 2.05) is 0 Å². The summed E-state index contributed by atoms with van der Waals surface area (Å²) in [6.45, 7) is 0.657. The number of nitrogens with zero attached hydrogens (tertiary/aromatic N) is 3. The van der Waals surface area contributed by atoms with Crippen LogP contribution in [0.15, 0.2) is 24.3 Å². The lowest BCUT2D eigenvalue weighted by molar-refractivity contribution is -0.142. The number of alkyl halides is 3. The van der Waals surface area contributed by atoms with E-state index in [9.17, 15) is 22.8 Å². The van der Waals surface area contributed by atoms with Crippen molar-refractivity contribution in [3.8, 4) is 5.75 Å². The molecule has 0 saturated carbocycles. The molecule has 3 heterocycles. The van der Waals surface area contributed by atoms with Crippen molar-refractivity contribution >= 4 is 17.5 Å². The highest BCUT2D eigenvalue weighted by Crippen LogP contribution is 2.34. The second kappa shape index (κ2) is 8.81. The monoisotopic (exact) mass is 452 g/mol. The average molecular weight is 452 g/mol. The summed E-state index contributed by atoms with van der Waals surface area (Å²) >= 11 is 0. The molecule has 2 aliphatic heterocycles. The van der Waals surface area contributed by atoms with E-state index in [1.54, 1.807) is 36.3 Å². The molecule has 1 N–H and O–H groups in total. The molecule has 2 aliphatic rings. The summed E-state index contributed by atoms with van der Waals surface area (Å²) in [6, 6.07) is 6.97. The molecule has 172 valence electrons. The van der Waals surface area contributed by atoms with E-state index in [-0.39, 0.29) is 50.0 Å². The van der Waals surface area contributed by atoms with Gasteiger partial charge in [-0.25, -0.2) is 0 Å². The number of amides is 2. The highest BCUT2D eigenvalue weighted by Gasteiger charge is 2.40. The fourth-order valence-electron chi connectivity index (χ4n) is 4.05. The predicted molar refractivity (Wildman–Crippen MR) is 107 cm³/mol. The van der Waals surface area contributed by atoms with Crippen LogP contribution in [-0.2, 0) is 40.1 Å². The van der Waals surface area contributed by atoms with Crippen LogP contribution in [0.1, 0.15) is 23.4 Å². The van der Waals surface area contributed by atoms with Crippen LogP contribution in [0.5, 0.6) is 5.75 Å². The van der Waals surface area contributed by atoms with Crippen molar-refractivity contribution in [2.45, 2.75) is 32.2 Å². The number of nitrogens with one attached hydrogen (secondary N) is 1. The molecular formula is C21H23F3N4O4. The van der Waals surface area contributed by atoms with Gasteiger partial charge in [0.25, 0.3) is 0 Å². The molecule has 1 aromatic carbocycles. The number of carbonyl (C=O) groups is 2. The quantitative estimate of drug-likeness (QED) is 0.726. The third-order valence-corrected chi connectivity index (χ3v) is 5.67. The van der Waals surface area contributed by atoms with Crippen molar-refractivity contribution < 1.29 is 32.2 Å². The Morgan fingerprint density at radius 3 is 2.75 bits per heavy atom. The van der Waals surface area contributed by atoms with Gasteiger partial charge in [-0.05, 0) is 24.3 Å². The second-order valence-electron chi connectivity index (χ2n) is 7.69. The van der Waals surface area contributed by atoms with Crippen molar-refractivity contribution in [3.05, 3.63) is 41.2 Å². The van der Waals surface area contributed by atoms with Gasteiger partial charge >= 0.3 is 6.18 Å². The molecule has 32 heavy (non-hydrogen) atoms. The van der Waals surface area contributed by atoms with Crippen LogP contribution in [0.25, 0.3) is 0 Å². The molecule has 1 atom stereocenters. The number of hydrogen-bond donors (Lipinski definition) is 1. The third kappa shape index (κ3) is 4.43. The Morgan fingerprint density at radius 2 is 2.06 bits per heavy atom. The van der Waals surface area contributed by atoms with E-state index < -0.39 is 17.8 Å². The molecule has 2 amide bonds. The van der Waals surface area contributed by atoms with Crippen LogP contribution in [0.4, 0.5) is 18.9 Å². The highest BCUT2D eigenvalue weighted by atomic mass is 19.4. The molecular weight excluding hydrogens is 429 g/mol. The number of halogens is 3. The van der Waals surface area contributed by atoms with Crippen molar-refractivity contribution in [2.24, 2.45) is 5.92 Å². The topological polar surface area (TPSA) is 85.7 Å². The van der Waals surface area contributed by atoms with E-state index in [2.05, 4.69) is 10.4 Å². The Balaban J connectivity index is 1.35. The van der Waals surface area contributed by atoms with Gasteiger partial charge in [-0.2, -0.15) is 18.3 Å². The summed E-state index contributed by atoms with van der Waals surface area (Å²) in [5.74, 6) is -0.341. The lowest BCUT2D eigenvalue weighted by atomic mass is 10.1. The number of benzene rings is 1. The number of methoxy groups -OCH3 is 1. The minimum absolute atomic E-state index is 0.0617. The first-order valence-corrected chi connectivity index (χ1v) is 10.2. The summed E-state index contributed by atoms with van der Waals surface area (Å²) in [6.07, 6.45) is -4.15. The zero-order chi connectivity index (χ0) is 22.9. The highest BCUT2D eigenvalue weighted by molar-refractivity contribution is 6.00. The molecule has 1 aromatic heterocycles. The maximum atomic E-state index is 13.3. The molecule has 1 unspecified atom stereocenters. The Kier molecular flexibility index (Phi) is 6.09. The minimum atomic E-state index is -4.56. The summed E-state index contributed by atoms with van der Waals surface area (Å²) in [5.41, 5.74) is 0.289. The lowest BCUT2D eigenvalue weighted by Crippen LogP contribution is -2.35. The third-order valence-electron chi connectivity index (χ3n) is 5.67. The van der Waals surface area contributed by atoms with Gasteiger partial charge in [0.15, 0.2) is 5.69 Å². The maximum absolute atomic E-state index is 13.3. The standard InChI is InChI=1S/C21H23F3N4O4/c1-31-15-4-2-14(3-5-15)27-11-13(10-18(27)29)20(30)25-7-8-28-17-6-9-32-12-16(17)19(26-28)21(22,23)24/h2-5,13H,6-12H2,1H3,(H,25,30). The fraction of sp³-hybridized carbons (Fsp3) is 0.476. The van der Waals surface area contributed by atoms with Crippen LogP contribution in [0.3, 0.4) is 0 Å². The van der Waals surface area contributed by atoms with Crippen LogP contribution in [0.2, 0.25) is 0 Å². The zero-order valence-electron chi connectivity index (χ0n) is 17.4. The fourth-order valence-corrected chi connectivity index (χ4v) is 4.05. The molecule has 2 aromatic rings. The van der Waals surface area contributed by atoms with E-state index in [0.29, 0.717) is 30.2 Å². The molecule has 0 aliphatic carbocycles. The smallest absolute Gasteiger partial charge is 0.435 e. The van der Waals surface area contributed by atoms with Gasteiger partial charge in [0.05, 0.1) is 32.8 Å². The van der Waals surface area contributed by atoms with Crippen LogP contribution in [-0.4, -0.2) is 48.4 Å². The molecule has 4 rings (SSSR count). The second-order valence-corrected chi connectivity index (χ2v) is 7.69. The molecule has 0 spiro atoms. The van der Waals surface area contributed by atoms with Crippen molar-refractivity contribution in [2.75, 3.05) is 31.7 Å². The molecule has 1 fully saturated rings. The normalized spacial score (nSPS) is 18.6. The van der Waals surface area contributed by atoms with Gasteiger partial charge in [0.2, 0.25) is 11.8 Å². The van der Waals surface area contributed by atoms with E-state index in [1.165, 1.54) is 4.68 Å². The summed E-state index contributed by atoms with van der Waals surface area (Å²) in [4.78, 5) is 26.5. The number of ether oxygens (including phenoxy) is 2. The summed E-state index contributed by atoms with van der Waals surface area (Å²) in [5, 5.41) is 6.45. The Hall–Kier alpha value is -3.08. The van der Waals surface area contributed by atoms with Gasteiger partial charge in [-0.1, -0.05) is 0 Å². The predicted octanol–water partition coefficient (Wildman–Crippen LogP) is 2.15. The van der Waals surface area contributed by atoms with Gasteiger partial charge in [-0.3, -0.25) is 14.3 Å². The largest absolute Gasteiger partial charge is 0.497 e. The minimum Gasteiger partial charge on any atom is -0.497 e. The molecule has 8 nitrogen and oxygen atoms in total. The van der Waals surface area contributed by atoms with Gasteiger partial charge in [0, 0.05) is 42.9 Å².